The first-order chi connectivity index (χ1) is 9.86. The van der Waals surface area contributed by atoms with Gasteiger partial charge in [0.1, 0.15) is 0 Å². The average Bonchev–Trinajstić information content (AvgIpc) is 2.95. The largest absolute Gasteiger partial charge is 0.385 e. The molecule has 1 aliphatic rings. The number of halogens is 2. The number of benzene rings is 1. The first-order valence-electron chi connectivity index (χ1n) is 6.86. The van der Waals surface area contributed by atoms with Gasteiger partial charge in [0.2, 0.25) is 0 Å². The molecule has 21 heavy (non-hydrogen) atoms. The molecule has 1 aromatic carbocycles. The Labute approximate surface area is 124 Å². The van der Waals surface area contributed by atoms with Crippen LogP contribution in [0.3, 0.4) is 0 Å². The Balaban J connectivity index is 2.24. The van der Waals surface area contributed by atoms with Crippen LogP contribution in [0.2, 0.25) is 0 Å². The standard InChI is InChI=1S/C16H17BF2NO/c1-4-10-8-11(6-7-12(10)13(21)5-2)15-17-9-14(20-15)16(3,18)19/h4,6-9,15,20H,1,5H2,2-3H3. The summed E-state index contributed by atoms with van der Waals surface area (Å²) in [4.78, 5) is 11.8. The van der Waals surface area contributed by atoms with Crippen molar-refractivity contribution in [1.29, 1.82) is 0 Å². The first kappa shape index (κ1) is 15.5. The molecule has 1 heterocycles. The van der Waals surface area contributed by atoms with Gasteiger partial charge >= 0.3 is 0 Å². The number of carbonyl (C=O) groups excluding carboxylic acids is 1. The zero-order chi connectivity index (χ0) is 15.6. The molecular weight excluding hydrogens is 271 g/mol. The van der Waals surface area contributed by atoms with Gasteiger partial charge < -0.3 is 5.32 Å². The van der Waals surface area contributed by atoms with Crippen molar-refractivity contribution in [3.8, 4) is 0 Å². The van der Waals surface area contributed by atoms with Crippen molar-refractivity contribution >= 4 is 19.1 Å². The fourth-order valence-electron chi connectivity index (χ4n) is 2.31. The number of ketones is 1. The van der Waals surface area contributed by atoms with E-state index in [0.29, 0.717) is 12.0 Å². The zero-order valence-electron chi connectivity index (χ0n) is 12.1. The molecule has 1 aromatic rings. The van der Waals surface area contributed by atoms with Gasteiger partial charge in [0, 0.05) is 24.8 Å². The number of Topliss-reactive ketones (excluding diaryl/α,β-unsaturated/α-hetero) is 1. The maximum Gasteiger partial charge on any atom is 0.283 e. The molecular formula is C16H17BF2NO. The minimum Gasteiger partial charge on any atom is -0.385 e. The molecule has 1 unspecified atom stereocenters. The fraction of sp³-hybridized carbons (Fsp3) is 0.312. The summed E-state index contributed by atoms with van der Waals surface area (Å²) in [5, 5.41) is 2.80. The van der Waals surface area contributed by atoms with E-state index in [1.54, 1.807) is 32.4 Å². The van der Waals surface area contributed by atoms with Gasteiger partial charge in [0.25, 0.3) is 5.92 Å². The third-order valence-corrected chi connectivity index (χ3v) is 3.52. The van der Waals surface area contributed by atoms with Crippen LogP contribution in [0.1, 0.15) is 47.7 Å². The molecule has 5 heteroatoms. The smallest absolute Gasteiger partial charge is 0.283 e. The molecule has 109 valence electrons. The van der Waals surface area contributed by atoms with Crippen LogP contribution in [0.15, 0.2) is 36.5 Å². The molecule has 0 fully saturated rings. The van der Waals surface area contributed by atoms with Crippen LogP contribution < -0.4 is 5.32 Å². The van der Waals surface area contributed by atoms with Crippen LogP contribution in [0.5, 0.6) is 0 Å². The lowest BCUT2D eigenvalue weighted by molar-refractivity contribution is 0.0562. The lowest BCUT2D eigenvalue weighted by Crippen LogP contribution is -2.27. The van der Waals surface area contributed by atoms with E-state index < -0.39 is 5.92 Å². The molecule has 0 saturated heterocycles. The first-order valence-corrected chi connectivity index (χ1v) is 6.86. The summed E-state index contributed by atoms with van der Waals surface area (Å²) in [7, 11) is 1.69. The Kier molecular flexibility index (Phi) is 4.30. The lowest BCUT2D eigenvalue weighted by atomic mass is 9.68. The summed E-state index contributed by atoms with van der Waals surface area (Å²) in [6, 6.07) is 5.33. The van der Waals surface area contributed by atoms with Crippen molar-refractivity contribution in [1.82, 2.24) is 5.32 Å². The average molecular weight is 288 g/mol. The molecule has 2 nitrogen and oxygen atoms in total. The summed E-state index contributed by atoms with van der Waals surface area (Å²) in [6.07, 6.45) is 2.03. The van der Waals surface area contributed by atoms with Gasteiger partial charge in [0.05, 0.1) is 5.70 Å². The monoisotopic (exact) mass is 288 g/mol. The molecule has 1 N–H and O–H groups in total. The second-order valence-electron chi connectivity index (χ2n) is 5.11. The minimum atomic E-state index is -2.88. The van der Waals surface area contributed by atoms with E-state index in [-0.39, 0.29) is 17.4 Å². The van der Waals surface area contributed by atoms with Crippen LogP contribution in [0.4, 0.5) is 8.78 Å². The second-order valence-corrected chi connectivity index (χ2v) is 5.11. The highest BCUT2D eigenvalue weighted by atomic mass is 19.3. The number of nitrogens with one attached hydrogen (secondary N) is 1. The highest BCUT2D eigenvalue weighted by molar-refractivity contribution is 6.45. The number of rotatable bonds is 5. The zero-order valence-corrected chi connectivity index (χ0v) is 12.1. The van der Waals surface area contributed by atoms with Gasteiger partial charge in [-0.15, -0.1) is 0 Å². The molecule has 2 rings (SSSR count). The second kappa shape index (κ2) is 5.84. The van der Waals surface area contributed by atoms with E-state index >= 15 is 0 Å². The van der Waals surface area contributed by atoms with Gasteiger partial charge in [0.15, 0.2) is 13.1 Å². The SMILES string of the molecule is C=Cc1cc(C2[B]C=C(C(C)(F)F)N2)ccc1C(=O)CC. The van der Waals surface area contributed by atoms with Crippen molar-refractivity contribution in [2.75, 3.05) is 0 Å². The van der Waals surface area contributed by atoms with Gasteiger partial charge in [-0.25, -0.2) is 8.78 Å². The van der Waals surface area contributed by atoms with Crippen molar-refractivity contribution in [2.24, 2.45) is 0 Å². The highest BCUT2D eigenvalue weighted by Crippen LogP contribution is 2.29. The maximum atomic E-state index is 13.3. The Hall–Kier alpha value is -1.91. The van der Waals surface area contributed by atoms with Crippen LogP contribution in [-0.2, 0) is 0 Å². The quantitative estimate of drug-likeness (QED) is 0.661. The third kappa shape index (κ3) is 3.23. The van der Waals surface area contributed by atoms with E-state index in [2.05, 4.69) is 11.9 Å². The molecule has 0 saturated carbocycles. The minimum absolute atomic E-state index is 0.0405. The maximum absolute atomic E-state index is 13.3. The number of hydrogen-bond acceptors (Lipinski definition) is 2. The Bertz CT molecular complexity index is 605. The van der Waals surface area contributed by atoms with Crippen LogP contribution in [0.25, 0.3) is 6.08 Å². The molecule has 1 atom stereocenters. The fourth-order valence-corrected chi connectivity index (χ4v) is 2.31. The lowest BCUT2D eigenvalue weighted by Gasteiger charge is -2.19. The molecule has 0 amide bonds. The number of hydrogen-bond donors (Lipinski definition) is 1. The number of carbonyl (C=O) groups is 1. The van der Waals surface area contributed by atoms with Gasteiger partial charge in [-0.05, 0) is 17.2 Å². The predicted molar refractivity (Wildman–Crippen MR) is 81.5 cm³/mol. The van der Waals surface area contributed by atoms with Crippen LogP contribution >= 0.6 is 0 Å². The summed E-state index contributed by atoms with van der Waals surface area (Å²) >= 11 is 0. The Morgan fingerprint density at radius 1 is 1.52 bits per heavy atom. The predicted octanol–water partition coefficient (Wildman–Crippen LogP) is 3.72. The summed E-state index contributed by atoms with van der Waals surface area (Å²) in [6.45, 7) is 6.38. The third-order valence-electron chi connectivity index (χ3n) is 3.52. The highest BCUT2D eigenvalue weighted by Gasteiger charge is 2.33. The summed E-state index contributed by atoms with van der Waals surface area (Å²) in [5.74, 6) is -1.75. The topological polar surface area (TPSA) is 29.1 Å². The summed E-state index contributed by atoms with van der Waals surface area (Å²) < 4.78 is 26.5. The van der Waals surface area contributed by atoms with E-state index in [4.69, 9.17) is 0 Å². The van der Waals surface area contributed by atoms with Crippen LogP contribution in [0, 0.1) is 0 Å². The van der Waals surface area contributed by atoms with Crippen LogP contribution in [-0.4, -0.2) is 19.0 Å². The summed E-state index contributed by atoms with van der Waals surface area (Å²) in [5.41, 5.74) is 2.07. The van der Waals surface area contributed by atoms with Crippen molar-refractivity contribution in [3.05, 3.63) is 53.1 Å². The Morgan fingerprint density at radius 2 is 2.24 bits per heavy atom. The molecule has 0 spiro atoms. The van der Waals surface area contributed by atoms with Gasteiger partial charge in [-0.2, -0.15) is 0 Å². The number of alkyl halides is 2. The van der Waals surface area contributed by atoms with Crippen molar-refractivity contribution in [3.63, 3.8) is 0 Å². The molecule has 0 aromatic heterocycles. The van der Waals surface area contributed by atoms with Crippen molar-refractivity contribution < 1.29 is 13.6 Å². The molecule has 1 aliphatic heterocycles. The van der Waals surface area contributed by atoms with Gasteiger partial charge in [-0.3, -0.25) is 4.79 Å². The van der Waals surface area contributed by atoms with E-state index in [1.165, 1.54) is 5.98 Å². The number of allylic oxidation sites excluding steroid dienone is 1. The van der Waals surface area contributed by atoms with Crippen molar-refractivity contribution in [2.45, 2.75) is 32.1 Å². The molecule has 1 radical (unpaired) electrons. The van der Waals surface area contributed by atoms with E-state index in [9.17, 15) is 13.6 Å². The normalized spacial score (nSPS) is 17.7. The van der Waals surface area contributed by atoms with E-state index in [0.717, 1.165) is 18.1 Å². The van der Waals surface area contributed by atoms with Gasteiger partial charge in [-0.1, -0.05) is 37.7 Å². The Morgan fingerprint density at radius 3 is 2.76 bits per heavy atom. The van der Waals surface area contributed by atoms with E-state index in [1.807, 2.05) is 6.07 Å². The molecule has 0 aliphatic carbocycles. The molecule has 0 bridgehead atoms.